The average Bonchev–Trinajstić information content (AvgIpc) is 3.11. The van der Waals surface area contributed by atoms with Gasteiger partial charge < -0.3 is 5.32 Å². The number of amides is 1. The molecule has 0 aliphatic carbocycles. The normalized spacial score (nSPS) is 19.1. The van der Waals surface area contributed by atoms with Gasteiger partial charge in [0.2, 0.25) is 0 Å². The summed E-state index contributed by atoms with van der Waals surface area (Å²) in [5.74, 6) is -0.0576. The summed E-state index contributed by atoms with van der Waals surface area (Å²) in [5.41, 5.74) is 3.53. The topological polar surface area (TPSA) is 45.2 Å². The van der Waals surface area contributed by atoms with Gasteiger partial charge in [0.1, 0.15) is 5.69 Å². The van der Waals surface area contributed by atoms with E-state index in [0.29, 0.717) is 5.69 Å². The minimum absolute atomic E-state index is 0.0576. The Morgan fingerprint density at radius 2 is 2.25 bits per heavy atom. The largest absolute Gasteiger partial charge is 0.347 e. The molecule has 1 amide bonds. The lowest BCUT2D eigenvalue weighted by molar-refractivity contribution is 0.0933. The highest BCUT2D eigenvalue weighted by Gasteiger charge is 2.24. The summed E-state index contributed by atoms with van der Waals surface area (Å²) in [6, 6.07) is 10.7. The number of carbonyl (C=O) groups is 1. The minimum atomic E-state index is -0.0576. The van der Waals surface area contributed by atoms with Crippen molar-refractivity contribution >= 4 is 17.2 Å². The van der Waals surface area contributed by atoms with Gasteiger partial charge in [-0.05, 0) is 12.0 Å². The van der Waals surface area contributed by atoms with E-state index in [-0.39, 0.29) is 11.9 Å². The summed E-state index contributed by atoms with van der Waals surface area (Å²) in [6.45, 7) is 2.88. The monoisotopic (exact) mass is 287 g/mol. The molecule has 20 heavy (non-hydrogen) atoms. The molecule has 5 heteroatoms. The van der Waals surface area contributed by atoms with E-state index in [4.69, 9.17) is 0 Å². The Morgan fingerprint density at radius 1 is 1.40 bits per heavy atom. The van der Waals surface area contributed by atoms with Gasteiger partial charge in [0.15, 0.2) is 0 Å². The summed E-state index contributed by atoms with van der Waals surface area (Å²) >= 11 is 1.45. The van der Waals surface area contributed by atoms with Crippen LogP contribution in [0.3, 0.4) is 0 Å². The third kappa shape index (κ3) is 3.23. The lowest BCUT2D eigenvalue weighted by atomic mass is 10.2. The summed E-state index contributed by atoms with van der Waals surface area (Å²) in [4.78, 5) is 18.4. The predicted molar refractivity (Wildman–Crippen MR) is 79.7 cm³/mol. The highest BCUT2D eigenvalue weighted by Crippen LogP contribution is 2.14. The van der Waals surface area contributed by atoms with Crippen LogP contribution >= 0.6 is 11.3 Å². The maximum Gasteiger partial charge on any atom is 0.271 e. The Balaban J connectivity index is 1.51. The van der Waals surface area contributed by atoms with Crippen LogP contribution in [0.2, 0.25) is 0 Å². The van der Waals surface area contributed by atoms with Crippen LogP contribution < -0.4 is 5.32 Å². The van der Waals surface area contributed by atoms with Crippen molar-refractivity contribution in [3.63, 3.8) is 0 Å². The van der Waals surface area contributed by atoms with Crippen molar-refractivity contribution < 1.29 is 4.79 Å². The van der Waals surface area contributed by atoms with Gasteiger partial charge in [-0.15, -0.1) is 11.3 Å². The third-order valence-corrected chi connectivity index (χ3v) is 4.11. The number of benzene rings is 1. The zero-order chi connectivity index (χ0) is 13.8. The highest BCUT2D eigenvalue weighted by atomic mass is 32.1. The lowest BCUT2D eigenvalue weighted by Crippen LogP contribution is -2.37. The van der Waals surface area contributed by atoms with Gasteiger partial charge in [-0.25, -0.2) is 4.98 Å². The second-order valence-electron chi connectivity index (χ2n) is 5.05. The predicted octanol–water partition coefficient (Wildman–Crippen LogP) is 2.15. The number of rotatable bonds is 4. The number of aromatic nitrogens is 1. The zero-order valence-electron chi connectivity index (χ0n) is 11.2. The zero-order valence-corrected chi connectivity index (χ0v) is 12.0. The molecule has 0 bridgehead atoms. The van der Waals surface area contributed by atoms with Crippen LogP contribution in [0.1, 0.15) is 22.5 Å². The molecule has 1 aliphatic rings. The highest BCUT2D eigenvalue weighted by molar-refractivity contribution is 7.07. The molecular formula is C15H17N3OS. The Morgan fingerprint density at radius 3 is 3.00 bits per heavy atom. The molecule has 1 aromatic heterocycles. The molecule has 3 rings (SSSR count). The fourth-order valence-corrected chi connectivity index (χ4v) is 3.05. The quantitative estimate of drug-likeness (QED) is 0.937. The Labute approximate surface area is 122 Å². The van der Waals surface area contributed by atoms with Gasteiger partial charge in [0.05, 0.1) is 5.51 Å². The first-order chi connectivity index (χ1) is 9.81. The fourth-order valence-electron chi connectivity index (χ4n) is 2.52. The van der Waals surface area contributed by atoms with Crippen molar-refractivity contribution in [2.24, 2.45) is 0 Å². The molecule has 1 fully saturated rings. The van der Waals surface area contributed by atoms with Crippen LogP contribution in [0.25, 0.3) is 0 Å². The number of nitrogens with zero attached hydrogens (tertiary/aromatic N) is 2. The number of likely N-dealkylation sites (tertiary alicyclic amines) is 1. The van der Waals surface area contributed by atoms with Crippen LogP contribution in [0.4, 0.5) is 0 Å². The van der Waals surface area contributed by atoms with E-state index in [1.165, 1.54) is 16.9 Å². The van der Waals surface area contributed by atoms with E-state index >= 15 is 0 Å². The first-order valence-corrected chi connectivity index (χ1v) is 7.71. The SMILES string of the molecule is O=C(NC1CCN(Cc2ccccc2)C1)c1cscn1. The fraction of sp³-hybridized carbons (Fsp3) is 0.333. The molecule has 1 atom stereocenters. The number of hydrogen-bond acceptors (Lipinski definition) is 4. The third-order valence-electron chi connectivity index (χ3n) is 3.52. The van der Waals surface area contributed by atoms with Gasteiger partial charge in [-0.1, -0.05) is 30.3 Å². The molecule has 104 valence electrons. The van der Waals surface area contributed by atoms with Crippen molar-refractivity contribution in [1.82, 2.24) is 15.2 Å². The van der Waals surface area contributed by atoms with E-state index in [1.807, 2.05) is 6.07 Å². The summed E-state index contributed by atoms with van der Waals surface area (Å²) in [7, 11) is 0. The Kier molecular flexibility index (Phi) is 4.08. The average molecular weight is 287 g/mol. The first kappa shape index (κ1) is 13.3. The number of nitrogens with one attached hydrogen (secondary N) is 1. The summed E-state index contributed by atoms with van der Waals surface area (Å²) in [6.07, 6.45) is 1.00. The smallest absolute Gasteiger partial charge is 0.271 e. The molecule has 0 radical (unpaired) electrons. The van der Waals surface area contributed by atoms with Crippen molar-refractivity contribution in [1.29, 1.82) is 0 Å². The van der Waals surface area contributed by atoms with E-state index in [1.54, 1.807) is 10.9 Å². The molecule has 4 nitrogen and oxygen atoms in total. The maximum atomic E-state index is 11.9. The van der Waals surface area contributed by atoms with Crippen molar-refractivity contribution in [3.8, 4) is 0 Å². The molecular weight excluding hydrogens is 270 g/mol. The van der Waals surface area contributed by atoms with E-state index in [2.05, 4.69) is 39.5 Å². The molecule has 2 aromatic rings. The standard InChI is InChI=1S/C15H17N3OS/c19-15(14-10-20-11-16-14)17-13-6-7-18(9-13)8-12-4-2-1-3-5-12/h1-5,10-11,13H,6-9H2,(H,17,19). The number of carbonyl (C=O) groups excluding carboxylic acids is 1. The van der Waals surface area contributed by atoms with Gasteiger partial charge in [-0.2, -0.15) is 0 Å². The second-order valence-corrected chi connectivity index (χ2v) is 5.77. The molecule has 1 aromatic carbocycles. The molecule has 1 N–H and O–H groups in total. The molecule has 0 saturated carbocycles. The summed E-state index contributed by atoms with van der Waals surface area (Å²) in [5, 5.41) is 4.84. The Bertz CT molecular complexity index is 556. The van der Waals surface area contributed by atoms with Crippen LogP contribution in [0.5, 0.6) is 0 Å². The van der Waals surface area contributed by atoms with Gasteiger partial charge in [0, 0.05) is 31.1 Å². The first-order valence-electron chi connectivity index (χ1n) is 6.76. The van der Waals surface area contributed by atoms with Crippen LogP contribution in [0.15, 0.2) is 41.2 Å². The van der Waals surface area contributed by atoms with Crippen molar-refractivity contribution in [2.75, 3.05) is 13.1 Å². The lowest BCUT2D eigenvalue weighted by Gasteiger charge is -2.16. The minimum Gasteiger partial charge on any atom is -0.347 e. The second kappa shape index (κ2) is 6.15. The van der Waals surface area contributed by atoms with Gasteiger partial charge in [-0.3, -0.25) is 9.69 Å². The van der Waals surface area contributed by atoms with Gasteiger partial charge >= 0.3 is 0 Å². The summed E-state index contributed by atoms with van der Waals surface area (Å²) < 4.78 is 0. The number of hydrogen-bond donors (Lipinski definition) is 1. The molecule has 2 heterocycles. The van der Waals surface area contributed by atoms with Crippen LogP contribution in [-0.2, 0) is 6.54 Å². The van der Waals surface area contributed by atoms with Crippen molar-refractivity contribution in [3.05, 3.63) is 52.5 Å². The number of thiazole rings is 1. The van der Waals surface area contributed by atoms with Gasteiger partial charge in [0.25, 0.3) is 5.91 Å². The molecule has 1 saturated heterocycles. The maximum absolute atomic E-state index is 11.9. The molecule has 1 unspecified atom stereocenters. The van der Waals surface area contributed by atoms with Crippen LogP contribution in [0, 0.1) is 0 Å². The molecule has 0 spiro atoms. The molecule has 1 aliphatic heterocycles. The Hall–Kier alpha value is -1.72. The van der Waals surface area contributed by atoms with E-state index < -0.39 is 0 Å². The van der Waals surface area contributed by atoms with Crippen molar-refractivity contribution in [2.45, 2.75) is 19.0 Å². The van der Waals surface area contributed by atoms with E-state index in [9.17, 15) is 4.79 Å². The van der Waals surface area contributed by atoms with Crippen LogP contribution in [-0.4, -0.2) is 34.9 Å². The van der Waals surface area contributed by atoms with E-state index in [0.717, 1.165) is 26.1 Å².